The molecule has 88 valence electrons. The zero-order valence-corrected chi connectivity index (χ0v) is 10.5. The van der Waals surface area contributed by atoms with Crippen LogP contribution in [0.1, 0.15) is 11.5 Å². The van der Waals surface area contributed by atoms with Crippen molar-refractivity contribution < 1.29 is 14.3 Å². The smallest absolute Gasteiger partial charge is 0.314 e. The molecule has 0 radical (unpaired) electrons. The second-order valence-electron chi connectivity index (χ2n) is 3.27. The highest BCUT2D eigenvalue weighted by Gasteiger charge is 2.23. The first-order chi connectivity index (χ1) is 7.74. The Balaban J connectivity index is 3.04. The molecule has 0 aromatic heterocycles. The van der Waals surface area contributed by atoms with Gasteiger partial charge < -0.3 is 9.47 Å². The zero-order chi connectivity index (χ0) is 12.0. The fourth-order valence-electron chi connectivity index (χ4n) is 1.55. The summed E-state index contributed by atoms with van der Waals surface area (Å²) >= 11 is 1.61. The minimum atomic E-state index is -0.267. The number of ether oxygens (including phenoxy) is 2. The number of rotatable bonds is 5. The van der Waals surface area contributed by atoms with E-state index in [9.17, 15) is 4.79 Å². The molecule has 0 bridgehead atoms. The molecule has 1 rings (SSSR count). The number of para-hydroxylation sites is 1. The topological polar surface area (TPSA) is 35.5 Å². The predicted octanol–water partition coefficient (Wildman–Crippen LogP) is 2.31. The Morgan fingerprint density at radius 2 is 2.06 bits per heavy atom. The largest absolute Gasteiger partial charge is 0.496 e. The van der Waals surface area contributed by atoms with E-state index in [0.717, 1.165) is 11.3 Å². The molecule has 16 heavy (non-hydrogen) atoms. The van der Waals surface area contributed by atoms with Crippen LogP contribution >= 0.6 is 11.8 Å². The number of benzene rings is 1. The van der Waals surface area contributed by atoms with E-state index in [1.54, 1.807) is 18.9 Å². The minimum absolute atomic E-state index is 0.223. The van der Waals surface area contributed by atoms with Crippen LogP contribution in [0.5, 0.6) is 5.75 Å². The molecule has 0 N–H and O–H groups in total. The van der Waals surface area contributed by atoms with Gasteiger partial charge in [0.15, 0.2) is 0 Å². The first kappa shape index (κ1) is 12.9. The van der Waals surface area contributed by atoms with Gasteiger partial charge >= 0.3 is 5.97 Å². The number of carbonyl (C=O) groups is 1. The van der Waals surface area contributed by atoms with Crippen molar-refractivity contribution >= 4 is 17.7 Å². The van der Waals surface area contributed by atoms with Gasteiger partial charge in [-0.05, 0) is 12.3 Å². The fourth-order valence-corrected chi connectivity index (χ4v) is 2.20. The standard InChI is InChI=1S/C12H16O3S/c1-14-11-7-5-4-6-9(11)10(8-16-3)12(13)15-2/h4-7,10H,8H2,1-3H3. The van der Waals surface area contributed by atoms with E-state index in [1.807, 2.05) is 30.5 Å². The Labute approximate surface area is 100 Å². The zero-order valence-electron chi connectivity index (χ0n) is 9.73. The fraction of sp³-hybridized carbons (Fsp3) is 0.417. The molecule has 0 aliphatic carbocycles. The molecule has 0 saturated heterocycles. The van der Waals surface area contributed by atoms with Crippen molar-refractivity contribution in [2.75, 3.05) is 26.2 Å². The number of methoxy groups -OCH3 is 2. The van der Waals surface area contributed by atoms with Crippen molar-refractivity contribution in [3.05, 3.63) is 29.8 Å². The molecule has 0 saturated carbocycles. The van der Waals surface area contributed by atoms with Gasteiger partial charge in [0.05, 0.1) is 20.1 Å². The predicted molar refractivity (Wildman–Crippen MR) is 66.1 cm³/mol. The van der Waals surface area contributed by atoms with E-state index < -0.39 is 0 Å². The molecule has 0 fully saturated rings. The number of hydrogen-bond donors (Lipinski definition) is 0. The normalized spacial score (nSPS) is 11.9. The summed E-state index contributed by atoms with van der Waals surface area (Å²) in [4.78, 5) is 11.7. The Morgan fingerprint density at radius 3 is 2.62 bits per heavy atom. The van der Waals surface area contributed by atoms with Crippen molar-refractivity contribution in [1.82, 2.24) is 0 Å². The lowest BCUT2D eigenvalue weighted by molar-refractivity contribution is -0.141. The van der Waals surface area contributed by atoms with Crippen LogP contribution in [-0.4, -0.2) is 32.2 Å². The van der Waals surface area contributed by atoms with Crippen LogP contribution in [-0.2, 0) is 9.53 Å². The number of carbonyl (C=O) groups excluding carboxylic acids is 1. The van der Waals surface area contributed by atoms with Gasteiger partial charge in [-0.1, -0.05) is 18.2 Å². The summed E-state index contributed by atoms with van der Waals surface area (Å²) in [5, 5.41) is 0. The van der Waals surface area contributed by atoms with Crippen molar-refractivity contribution in [2.45, 2.75) is 5.92 Å². The summed E-state index contributed by atoms with van der Waals surface area (Å²) in [6, 6.07) is 7.53. The molecular weight excluding hydrogens is 224 g/mol. The van der Waals surface area contributed by atoms with Gasteiger partial charge in [0.1, 0.15) is 5.75 Å². The second kappa shape index (κ2) is 6.43. The highest BCUT2D eigenvalue weighted by atomic mass is 32.2. The van der Waals surface area contributed by atoms with Gasteiger partial charge in [0, 0.05) is 11.3 Å². The van der Waals surface area contributed by atoms with Crippen LogP contribution in [0.2, 0.25) is 0 Å². The Hall–Kier alpha value is -1.16. The molecule has 4 heteroatoms. The van der Waals surface area contributed by atoms with Gasteiger partial charge in [-0.3, -0.25) is 4.79 Å². The Bertz CT molecular complexity index is 352. The van der Waals surface area contributed by atoms with E-state index in [0.29, 0.717) is 5.75 Å². The van der Waals surface area contributed by atoms with Gasteiger partial charge in [-0.25, -0.2) is 0 Å². The number of esters is 1. The molecule has 0 aliphatic heterocycles. The maximum atomic E-state index is 11.7. The van der Waals surface area contributed by atoms with Crippen LogP contribution in [0.3, 0.4) is 0 Å². The van der Waals surface area contributed by atoms with Gasteiger partial charge in [-0.2, -0.15) is 11.8 Å². The highest BCUT2D eigenvalue weighted by molar-refractivity contribution is 7.98. The summed E-state index contributed by atoms with van der Waals surface area (Å²) in [6.45, 7) is 0. The maximum Gasteiger partial charge on any atom is 0.314 e. The molecule has 1 atom stereocenters. The summed E-state index contributed by atoms with van der Waals surface area (Å²) in [6.07, 6.45) is 1.96. The maximum absolute atomic E-state index is 11.7. The van der Waals surface area contributed by atoms with Crippen molar-refractivity contribution in [3.63, 3.8) is 0 Å². The van der Waals surface area contributed by atoms with Crippen LogP contribution in [0, 0.1) is 0 Å². The highest BCUT2D eigenvalue weighted by Crippen LogP contribution is 2.29. The second-order valence-corrected chi connectivity index (χ2v) is 4.18. The minimum Gasteiger partial charge on any atom is -0.496 e. The summed E-state index contributed by atoms with van der Waals surface area (Å²) in [7, 11) is 3.01. The number of thioether (sulfide) groups is 1. The Morgan fingerprint density at radius 1 is 1.38 bits per heavy atom. The third kappa shape index (κ3) is 2.92. The van der Waals surface area contributed by atoms with E-state index in [1.165, 1.54) is 7.11 Å². The van der Waals surface area contributed by atoms with E-state index in [2.05, 4.69) is 0 Å². The van der Waals surface area contributed by atoms with Gasteiger partial charge in [0.25, 0.3) is 0 Å². The van der Waals surface area contributed by atoms with Crippen molar-refractivity contribution in [3.8, 4) is 5.75 Å². The SMILES string of the molecule is COC(=O)C(CSC)c1ccccc1OC. The third-order valence-corrected chi connectivity index (χ3v) is 3.00. The molecule has 0 aliphatic rings. The average molecular weight is 240 g/mol. The summed E-state index contributed by atoms with van der Waals surface area (Å²) in [5.74, 6) is 0.925. The number of hydrogen-bond acceptors (Lipinski definition) is 4. The first-order valence-corrected chi connectivity index (χ1v) is 6.33. The lowest BCUT2D eigenvalue weighted by Crippen LogP contribution is -2.17. The van der Waals surface area contributed by atoms with Crippen LogP contribution in [0.4, 0.5) is 0 Å². The van der Waals surface area contributed by atoms with Crippen LogP contribution in [0.15, 0.2) is 24.3 Å². The van der Waals surface area contributed by atoms with Gasteiger partial charge in [0.2, 0.25) is 0 Å². The molecular formula is C12H16O3S. The lowest BCUT2D eigenvalue weighted by atomic mass is 10.0. The van der Waals surface area contributed by atoms with Crippen LogP contribution in [0.25, 0.3) is 0 Å². The quantitative estimate of drug-likeness (QED) is 0.740. The molecule has 0 spiro atoms. The van der Waals surface area contributed by atoms with E-state index >= 15 is 0 Å². The van der Waals surface area contributed by atoms with Crippen molar-refractivity contribution in [1.29, 1.82) is 0 Å². The molecule has 1 aromatic carbocycles. The Kier molecular flexibility index (Phi) is 5.19. The molecule has 1 aromatic rings. The van der Waals surface area contributed by atoms with Crippen molar-refractivity contribution in [2.24, 2.45) is 0 Å². The average Bonchev–Trinajstić information content (AvgIpc) is 2.35. The molecule has 1 unspecified atom stereocenters. The van der Waals surface area contributed by atoms with E-state index in [4.69, 9.17) is 9.47 Å². The third-order valence-electron chi connectivity index (χ3n) is 2.33. The first-order valence-electron chi connectivity index (χ1n) is 4.94. The molecule has 0 heterocycles. The molecule has 3 nitrogen and oxygen atoms in total. The summed E-state index contributed by atoms with van der Waals surface area (Å²) in [5.41, 5.74) is 0.881. The van der Waals surface area contributed by atoms with E-state index in [-0.39, 0.29) is 11.9 Å². The monoisotopic (exact) mass is 240 g/mol. The summed E-state index contributed by atoms with van der Waals surface area (Å²) < 4.78 is 10.1. The lowest BCUT2D eigenvalue weighted by Gasteiger charge is -2.16. The van der Waals surface area contributed by atoms with Crippen LogP contribution < -0.4 is 4.74 Å². The molecule has 0 amide bonds. The van der Waals surface area contributed by atoms with Gasteiger partial charge in [-0.15, -0.1) is 0 Å².